The van der Waals surface area contributed by atoms with Crippen molar-refractivity contribution in [3.63, 3.8) is 0 Å². The van der Waals surface area contributed by atoms with Crippen LogP contribution in [-0.2, 0) is 11.2 Å². The molecular formula is C38H38O2P+. The molecule has 41 heavy (non-hydrogen) atoms. The van der Waals surface area contributed by atoms with Crippen LogP contribution in [0.4, 0.5) is 0 Å². The quantitative estimate of drug-likeness (QED) is 0.143. The highest BCUT2D eigenvalue weighted by atomic mass is 31.2. The van der Waals surface area contributed by atoms with E-state index in [-0.39, 0.29) is 6.10 Å². The maximum atomic E-state index is 12.0. The van der Waals surface area contributed by atoms with Gasteiger partial charge >= 0.3 is 0 Å². The highest BCUT2D eigenvalue weighted by molar-refractivity contribution is 7.95. The zero-order chi connectivity index (χ0) is 28.0. The van der Waals surface area contributed by atoms with E-state index in [1.165, 1.54) is 21.5 Å². The Hall–Kier alpha value is -3.55. The third-order valence-electron chi connectivity index (χ3n) is 8.47. The number of hydrogen-bond donors (Lipinski definition) is 1. The minimum atomic E-state index is -1.97. The maximum absolute atomic E-state index is 12.0. The van der Waals surface area contributed by atoms with E-state index in [1.807, 2.05) is 12.1 Å². The first-order chi connectivity index (χ1) is 20.1. The van der Waals surface area contributed by atoms with Gasteiger partial charge in [-0.1, -0.05) is 115 Å². The minimum Gasteiger partial charge on any atom is -0.365 e. The molecule has 5 aromatic rings. The van der Waals surface area contributed by atoms with Gasteiger partial charge in [0, 0.05) is 19.3 Å². The van der Waals surface area contributed by atoms with Gasteiger partial charge in [-0.05, 0) is 59.9 Å². The lowest BCUT2D eigenvalue weighted by atomic mass is 10.0. The zero-order valence-corrected chi connectivity index (χ0v) is 24.3. The van der Waals surface area contributed by atoms with Gasteiger partial charge in [0.25, 0.3) is 0 Å². The molecule has 6 rings (SSSR count). The highest BCUT2D eigenvalue weighted by Gasteiger charge is 2.51. The molecule has 0 bridgehead atoms. The molecule has 0 spiro atoms. The zero-order valence-electron chi connectivity index (χ0n) is 23.4. The molecule has 1 aliphatic rings. The number of ether oxygens (including phenoxy) is 1. The Morgan fingerprint density at radius 3 is 1.56 bits per heavy atom. The van der Waals surface area contributed by atoms with Gasteiger partial charge in [-0.25, -0.2) is 0 Å². The van der Waals surface area contributed by atoms with Crippen LogP contribution in [0, 0.1) is 5.92 Å². The lowest BCUT2D eigenvalue weighted by Gasteiger charge is -2.32. The van der Waals surface area contributed by atoms with E-state index in [0.717, 1.165) is 24.6 Å². The van der Waals surface area contributed by atoms with Gasteiger partial charge in [-0.3, -0.25) is 0 Å². The molecule has 0 heterocycles. The predicted octanol–water partition coefficient (Wildman–Crippen LogP) is 7.47. The van der Waals surface area contributed by atoms with Gasteiger partial charge in [0.1, 0.15) is 23.2 Å². The van der Waals surface area contributed by atoms with Crippen LogP contribution in [0.15, 0.2) is 152 Å². The van der Waals surface area contributed by atoms with E-state index < -0.39 is 13.0 Å². The fourth-order valence-electron chi connectivity index (χ4n) is 6.53. The highest BCUT2D eigenvalue weighted by Crippen LogP contribution is 2.59. The molecule has 0 aromatic heterocycles. The lowest BCUT2D eigenvalue weighted by Crippen LogP contribution is -2.36. The average molecular weight is 558 g/mol. The van der Waals surface area contributed by atoms with Crippen LogP contribution in [0.1, 0.15) is 36.5 Å². The summed E-state index contributed by atoms with van der Waals surface area (Å²) < 4.78 is 6.72. The third-order valence-corrected chi connectivity index (χ3v) is 13.1. The summed E-state index contributed by atoms with van der Waals surface area (Å²) in [6.07, 6.45) is 3.75. The van der Waals surface area contributed by atoms with E-state index in [0.29, 0.717) is 18.8 Å². The average Bonchev–Trinajstić information content (AvgIpc) is 3.41. The number of aliphatic hydroxyl groups is 1. The molecule has 1 saturated carbocycles. The lowest BCUT2D eigenvalue weighted by molar-refractivity contribution is -0.228. The Labute approximate surface area is 245 Å². The molecule has 0 radical (unpaired) electrons. The molecule has 1 aliphatic carbocycles. The second-order valence-corrected chi connectivity index (χ2v) is 14.8. The predicted molar refractivity (Wildman–Crippen MR) is 173 cm³/mol. The fourth-order valence-corrected chi connectivity index (χ4v) is 11.2. The summed E-state index contributed by atoms with van der Waals surface area (Å²) in [4.78, 5) is 0. The molecule has 3 heteroatoms. The summed E-state index contributed by atoms with van der Waals surface area (Å²) in [6, 6.07) is 53.9. The largest absolute Gasteiger partial charge is 0.365 e. The van der Waals surface area contributed by atoms with E-state index in [2.05, 4.69) is 140 Å². The molecule has 1 unspecified atom stereocenters. The Morgan fingerprint density at radius 1 is 0.634 bits per heavy atom. The van der Waals surface area contributed by atoms with Crippen LogP contribution in [0.2, 0.25) is 0 Å². The number of hydrogen-bond acceptors (Lipinski definition) is 2. The second-order valence-electron chi connectivity index (χ2n) is 11.3. The van der Waals surface area contributed by atoms with Gasteiger partial charge in [0.15, 0.2) is 5.79 Å². The molecule has 1 N–H and O–H groups in total. The molecule has 206 valence electrons. The van der Waals surface area contributed by atoms with E-state index in [1.54, 1.807) is 0 Å². The van der Waals surface area contributed by atoms with Crippen LogP contribution >= 0.6 is 7.26 Å². The van der Waals surface area contributed by atoms with Crippen molar-refractivity contribution < 1.29 is 9.84 Å². The maximum Gasteiger partial charge on any atom is 0.166 e. The summed E-state index contributed by atoms with van der Waals surface area (Å²) in [5, 5.41) is 16.1. The summed E-state index contributed by atoms with van der Waals surface area (Å²) in [5.74, 6) is -0.818. The van der Waals surface area contributed by atoms with Gasteiger partial charge in [0.2, 0.25) is 0 Å². The summed E-state index contributed by atoms with van der Waals surface area (Å²) in [7, 11) is -1.97. The molecule has 0 saturated heterocycles. The van der Waals surface area contributed by atoms with Gasteiger partial charge in [-0.15, -0.1) is 0 Å². The van der Waals surface area contributed by atoms with Crippen LogP contribution in [0.5, 0.6) is 0 Å². The van der Waals surface area contributed by atoms with Crippen molar-refractivity contribution >= 4 is 23.2 Å². The Kier molecular flexibility index (Phi) is 8.44. The van der Waals surface area contributed by atoms with Gasteiger partial charge < -0.3 is 9.84 Å². The smallest absolute Gasteiger partial charge is 0.166 e. The van der Waals surface area contributed by atoms with Crippen LogP contribution in [-0.4, -0.2) is 17.1 Å². The molecular weight excluding hydrogens is 519 g/mol. The van der Waals surface area contributed by atoms with Gasteiger partial charge in [0.05, 0.1) is 12.3 Å². The van der Waals surface area contributed by atoms with E-state index >= 15 is 0 Å². The number of rotatable bonds is 10. The number of benzene rings is 5. The van der Waals surface area contributed by atoms with Gasteiger partial charge in [-0.2, -0.15) is 0 Å². The summed E-state index contributed by atoms with van der Waals surface area (Å²) >= 11 is 0. The van der Waals surface area contributed by atoms with Crippen molar-refractivity contribution in [1.29, 1.82) is 0 Å². The topological polar surface area (TPSA) is 29.5 Å². The first-order valence-corrected chi connectivity index (χ1v) is 16.7. The summed E-state index contributed by atoms with van der Waals surface area (Å²) in [6.45, 7) is 0. The van der Waals surface area contributed by atoms with Crippen LogP contribution < -0.4 is 15.9 Å². The molecule has 5 aromatic carbocycles. The first-order valence-electron chi connectivity index (χ1n) is 14.7. The Bertz CT molecular complexity index is 1400. The normalized spacial score (nSPS) is 19.6. The van der Waals surface area contributed by atoms with Crippen molar-refractivity contribution in [3.8, 4) is 0 Å². The van der Waals surface area contributed by atoms with Crippen molar-refractivity contribution in [2.75, 3.05) is 6.16 Å². The van der Waals surface area contributed by atoms with E-state index in [4.69, 9.17) is 4.74 Å². The third kappa shape index (κ3) is 6.21. The Balaban J connectivity index is 1.32. The van der Waals surface area contributed by atoms with Crippen molar-refractivity contribution in [2.45, 2.75) is 37.6 Å². The molecule has 3 atom stereocenters. The summed E-state index contributed by atoms with van der Waals surface area (Å²) in [5.41, 5.74) is 2.31. The van der Waals surface area contributed by atoms with Crippen molar-refractivity contribution in [1.82, 2.24) is 0 Å². The molecule has 2 nitrogen and oxygen atoms in total. The first kappa shape index (κ1) is 27.6. The van der Waals surface area contributed by atoms with E-state index in [9.17, 15) is 5.11 Å². The standard InChI is InChI=1S/C38H38O2P/c39-38(40-37(33-18-8-2-9-19-33)28-31-16-6-1-7-17-31)27-26-32(29-38)30-41(34-20-10-3-11-21-34,35-22-12-4-13-23-35)36-24-14-5-15-25-36/h1-25,32,37,39H,26-30H2/q+1/t32-,37-,38?/m0/s1. The fraction of sp³-hybridized carbons (Fsp3) is 0.211. The van der Waals surface area contributed by atoms with Crippen molar-refractivity contribution in [2.24, 2.45) is 5.92 Å². The Morgan fingerprint density at radius 2 is 1.07 bits per heavy atom. The second kappa shape index (κ2) is 12.5. The molecule has 0 aliphatic heterocycles. The SMILES string of the molecule is OC1(O[C@@H](Cc2ccccc2)c2ccccc2)CC[C@H](C[P+](c2ccccc2)(c2ccccc2)c2ccccc2)C1. The molecule has 0 amide bonds. The monoisotopic (exact) mass is 557 g/mol. The minimum absolute atomic E-state index is 0.209. The molecule has 1 fully saturated rings. The van der Waals surface area contributed by atoms with Crippen molar-refractivity contribution in [3.05, 3.63) is 163 Å². The van der Waals surface area contributed by atoms with Crippen LogP contribution in [0.25, 0.3) is 0 Å². The van der Waals surface area contributed by atoms with Crippen LogP contribution in [0.3, 0.4) is 0 Å².